The fourth-order valence-electron chi connectivity index (χ4n) is 7.75. The van der Waals surface area contributed by atoms with Gasteiger partial charge < -0.3 is 29.8 Å². The van der Waals surface area contributed by atoms with Crippen LogP contribution in [0, 0.1) is 24.6 Å². The predicted octanol–water partition coefficient (Wildman–Crippen LogP) is 9.46. The summed E-state index contributed by atoms with van der Waals surface area (Å²) < 4.78 is 34.8. The molecule has 2 aliphatic rings. The van der Waals surface area contributed by atoms with Gasteiger partial charge in [-0.2, -0.15) is 0 Å². The van der Waals surface area contributed by atoms with Crippen molar-refractivity contribution < 1.29 is 38.0 Å². The second-order valence-corrected chi connectivity index (χ2v) is 13.7. The minimum absolute atomic E-state index is 0.00531. The lowest BCUT2D eigenvalue weighted by Crippen LogP contribution is -2.26. The van der Waals surface area contributed by atoms with Crippen molar-refractivity contribution in [3.05, 3.63) is 106 Å². The Morgan fingerprint density at radius 3 is 1.54 bits per heavy atom. The van der Waals surface area contributed by atoms with Gasteiger partial charge in [-0.3, -0.25) is 9.59 Å². The number of carbonyl (C=O) groups excluding carboxylic acids is 2. The van der Waals surface area contributed by atoms with Gasteiger partial charge in [0, 0.05) is 17.5 Å². The average Bonchev–Trinajstić information content (AvgIpc) is 3.19. The first-order valence-electron chi connectivity index (χ1n) is 18.0. The van der Waals surface area contributed by atoms with E-state index < -0.39 is 5.82 Å². The number of anilines is 1. The number of ketones is 2. The van der Waals surface area contributed by atoms with E-state index in [-0.39, 0.29) is 41.0 Å². The topological polar surface area (TPSA) is 117 Å². The number of aromatic hydroxyl groups is 1. The summed E-state index contributed by atoms with van der Waals surface area (Å²) in [6, 6.07) is 21.1. The molecule has 0 saturated heterocycles. The molecule has 0 heterocycles. The quantitative estimate of drug-likeness (QED) is 0.123. The number of carbonyl (C=O) groups is 2. The molecular weight excluding hydrogens is 661 g/mol. The molecule has 52 heavy (non-hydrogen) atoms. The summed E-state index contributed by atoms with van der Waals surface area (Å²) >= 11 is 0. The number of phenolic OH excluding ortho intramolecular Hbond substituents is 1. The van der Waals surface area contributed by atoms with E-state index in [2.05, 4.69) is 6.07 Å². The fourth-order valence-corrected chi connectivity index (χ4v) is 7.75. The molecule has 6 rings (SSSR count). The average molecular weight is 712 g/mol. The van der Waals surface area contributed by atoms with Crippen molar-refractivity contribution in [2.75, 3.05) is 34.2 Å². The van der Waals surface area contributed by atoms with Crippen LogP contribution in [0.1, 0.15) is 101 Å². The van der Waals surface area contributed by atoms with Crippen molar-refractivity contribution in [3.8, 4) is 28.7 Å². The molecular formula is C43H50FNO7. The summed E-state index contributed by atoms with van der Waals surface area (Å²) in [7, 11) is 6.29. The highest BCUT2D eigenvalue weighted by Gasteiger charge is 2.35. The van der Waals surface area contributed by atoms with Crippen molar-refractivity contribution in [2.24, 2.45) is 11.8 Å². The van der Waals surface area contributed by atoms with Gasteiger partial charge in [-0.1, -0.05) is 43.9 Å². The van der Waals surface area contributed by atoms with E-state index in [9.17, 15) is 19.1 Å². The Morgan fingerprint density at radius 2 is 1.10 bits per heavy atom. The highest BCUT2D eigenvalue weighted by molar-refractivity contribution is 6.02. The maximum absolute atomic E-state index is 13.4. The molecule has 2 fully saturated rings. The van der Waals surface area contributed by atoms with Crippen LogP contribution in [0.25, 0.3) is 0 Å². The second-order valence-electron chi connectivity index (χ2n) is 13.7. The highest BCUT2D eigenvalue weighted by atomic mass is 19.1. The lowest BCUT2D eigenvalue weighted by molar-refractivity contribution is 0.0857. The van der Waals surface area contributed by atoms with Gasteiger partial charge in [0.2, 0.25) is 0 Å². The maximum Gasteiger partial charge on any atom is 0.170 e. The van der Waals surface area contributed by atoms with Crippen molar-refractivity contribution in [2.45, 2.75) is 70.1 Å². The number of nitrogens with two attached hydrogens (primary N) is 1. The van der Waals surface area contributed by atoms with Crippen LogP contribution in [0.3, 0.4) is 0 Å². The van der Waals surface area contributed by atoms with Gasteiger partial charge in [-0.05, 0) is 116 Å². The number of nitrogen functional groups attached to an aromatic ring is 1. The molecule has 4 aromatic rings. The van der Waals surface area contributed by atoms with E-state index in [1.165, 1.54) is 19.2 Å². The number of benzene rings is 4. The third-order valence-corrected chi connectivity index (χ3v) is 10.7. The SMILES string of the molecule is COc1ccc(OC)c(C(=O)C2CCCCC2c2ccc(C)c(N)c2)c1.COc1ccc(OC)c(C(=O)C2CCCCC2c2ccc(F)c(O)c2)c1. The zero-order valence-corrected chi connectivity index (χ0v) is 30.7. The molecule has 0 aliphatic heterocycles. The zero-order chi connectivity index (χ0) is 37.4. The largest absolute Gasteiger partial charge is 0.505 e. The lowest BCUT2D eigenvalue weighted by atomic mass is 9.72. The summed E-state index contributed by atoms with van der Waals surface area (Å²) in [5.41, 5.74) is 11.0. The predicted molar refractivity (Wildman–Crippen MR) is 201 cm³/mol. The van der Waals surface area contributed by atoms with Crippen molar-refractivity contribution in [3.63, 3.8) is 0 Å². The van der Waals surface area contributed by atoms with Crippen LogP contribution >= 0.6 is 0 Å². The van der Waals surface area contributed by atoms with Gasteiger partial charge >= 0.3 is 0 Å². The summed E-state index contributed by atoms with van der Waals surface area (Å²) in [5, 5.41) is 9.73. The van der Waals surface area contributed by atoms with Crippen LogP contribution in [0.4, 0.5) is 10.1 Å². The van der Waals surface area contributed by atoms with Crippen LogP contribution in [0.15, 0.2) is 72.8 Å². The molecule has 0 aromatic heterocycles. The fraction of sp³-hybridized carbons (Fsp3) is 0.395. The van der Waals surface area contributed by atoms with Crippen LogP contribution in [-0.4, -0.2) is 45.1 Å². The second kappa shape index (κ2) is 17.4. The third kappa shape index (κ3) is 8.52. The van der Waals surface area contributed by atoms with Crippen molar-refractivity contribution >= 4 is 17.3 Å². The summed E-state index contributed by atoms with van der Waals surface area (Å²) in [6.45, 7) is 2.00. The number of rotatable bonds is 10. The molecule has 4 aromatic carbocycles. The highest BCUT2D eigenvalue weighted by Crippen LogP contribution is 2.43. The van der Waals surface area contributed by atoms with E-state index in [4.69, 9.17) is 24.7 Å². The first-order valence-corrected chi connectivity index (χ1v) is 18.0. The molecule has 0 radical (unpaired) electrons. The Labute approximate surface area is 306 Å². The Hall–Kier alpha value is -5.05. The molecule has 2 aliphatic carbocycles. The standard InChI is InChI=1S/C22H27NO3.C21H23FO4/c1-14-8-9-15(12-20(14)23)17-6-4-5-7-18(17)22(24)19-13-16(25-2)10-11-21(19)26-3;1-25-14-8-10-20(26-2)17(12-14)21(24)16-6-4-3-5-15(16)13-7-9-18(22)19(23)11-13/h8-13,17-18H,4-7,23H2,1-3H3;7-12,15-16,23H,3-6H2,1-2H3. The molecule has 4 unspecified atom stereocenters. The first-order chi connectivity index (χ1) is 25.1. The number of Topliss-reactive ketones (excluding diaryl/α,β-unsaturated/α-hetero) is 2. The molecule has 4 atom stereocenters. The molecule has 8 nitrogen and oxygen atoms in total. The number of hydrogen-bond donors (Lipinski definition) is 2. The van der Waals surface area contributed by atoms with E-state index in [1.807, 2.05) is 25.1 Å². The number of halogens is 1. The zero-order valence-electron chi connectivity index (χ0n) is 30.7. The Bertz CT molecular complexity index is 1740. The van der Waals surface area contributed by atoms with Crippen molar-refractivity contribution in [1.82, 2.24) is 0 Å². The van der Waals surface area contributed by atoms with Gasteiger partial charge in [0.25, 0.3) is 0 Å². The number of hydrogen-bond acceptors (Lipinski definition) is 8. The van der Waals surface area contributed by atoms with E-state index in [0.29, 0.717) is 34.1 Å². The van der Waals surface area contributed by atoms with E-state index in [0.717, 1.165) is 73.7 Å². The minimum Gasteiger partial charge on any atom is -0.505 e. The number of aryl methyl sites for hydroxylation is 1. The van der Waals surface area contributed by atoms with Crippen LogP contribution in [0.2, 0.25) is 0 Å². The van der Waals surface area contributed by atoms with Gasteiger partial charge in [0.15, 0.2) is 23.1 Å². The lowest BCUT2D eigenvalue weighted by Gasteiger charge is -2.31. The minimum atomic E-state index is -0.651. The normalized spacial score (nSPS) is 19.8. The molecule has 276 valence electrons. The molecule has 0 bridgehead atoms. The van der Waals surface area contributed by atoms with Crippen LogP contribution in [-0.2, 0) is 0 Å². The first kappa shape index (κ1) is 38.2. The smallest absolute Gasteiger partial charge is 0.170 e. The Morgan fingerprint density at radius 1 is 0.635 bits per heavy atom. The van der Waals surface area contributed by atoms with Gasteiger partial charge in [-0.25, -0.2) is 4.39 Å². The van der Waals surface area contributed by atoms with Crippen molar-refractivity contribution in [1.29, 1.82) is 0 Å². The Kier molecular flexibility index (Phi) is 12.8. The molecule has 3 N–H and O–H groups in total. The molecule has 2 saturated carbocycles. The number of phenols is 1. The summed E-state index contributed by atoms with van der Waals surface area (Å²) in [6.07, 6.45) is 7.64. The van der Waals surface area contributed by atoms with Gasteiger partial charge in [0.1, 0.15) is 23.0 Å². The molecule has 0 amide bonds. The third-order valence-electron chi connectivity index (χ3n) is 10.7. The molecule has 0 spiro atoms. The van der Waals surface area contributed by atoms with Gasteiger partial charge in [0.05, 0.1) is 39.6 Å². The summed E-state index contributed by atoms with van der Waals surface area (Å²) in [4.78, 5) is 26.7. The van der Waals surface area contributed by atoms with E-state index in [1.54, 1.807) is 57.7 Å². The maximum atomic E-state index is 13.4. The Balaban J connectivity index is 0.000000201. The van der Waals surface area contributed by atoms with Crippen LogP contribution < -0.4 is 24.7 Å². The molecule has 9 heteroatoms. The van der Waals surface area contributed by atoms with Crippen LogP contribution in [0.5, 0.6) is 28.7 Å². The summed E-state index contributed by atoms with van der Waals surface area (Å²) in [5.74, 6) is 1.31. The number of ether oxygens (including phenoxy) is 4. The number of methoxy groups -OCH3 is 4. The van der Waals surface area contributed by atoms with E-state index >= 15 is 0 Å². The van der Waals surface area contributed by atoms with Gasteiger partial charge in [-0.15, -0.1) is 0 Å². The monoisotopic (exact) mass is 711 g/mol.